The molecule has 18 heavy (non-hydrogen) atoms. The second-order valence-corrected chi connectivity index (χ2v) is 6.26. The molecule has 0 bridgehead atoms. The van der Waals surface area contributed by atoms with Crippen LogP contribution in [0.25, 0.3) is 0 Å². The maximum absolute atomic E-state index is 5.75. The molecule has 1 N–H and O–H groups in total. The van der Waals surface area contributed by atoms with Crippen molar-refractivity contribution in [3.8, 4) is 0 Å². The molecule has 2 fully saturated rings. The van der Waals surface area contributed by atoms with Gasteiger partial charge in [-0.2, -0.15) is 0 Å². The van der Waals surface area contributed by atoms with E-state index >= 15 is 0 Å². The molecule has 1 atom stereocenters. The van der Waals surface area contributed by atoms with Crippen molar-refractivity contribution in [2.45, 2.75) is 52.1 Å². The lowest BCUT2D eigenvalue weighted by Crippen LogP contribution is -2.44. The smallest absolute Gasteiger partial charge is 0.0673 e. The van der Waals surface area contributed by atoms with E-state index in [1.807, 2.05) is 0 Å². The van der Waals surface area contributed by atoms with Crippen molar-refractivity contribution in [2.24, 2.45) is 5.41 Å². The van der Waals surface area contributed by atoms with E-state index in [1.54, 1.807) is 0 Å². The van der Waals surface area contributed by atoms with Gasteiger partial charge in [-0.3, -0.25) is 0 Å². The summed E-state index contributed by atoms with van der Waals surface area (Å²) >= 11 is 0. The fourth-order valence-corrected chi connectivity index (χ4v) is 3.60. The molecule has 1 unspecified atom stereocenters. The van der Waals surface area contributed by atoms with Gasteiger partial charge < -0.3 is 15.0 Å². The van der Waals surface area contributed by atoms with Crippen LogP contribution in [0, 0.1) is 5.41 Å². The molecule has 2 rings (SSSR count). The number of hydrogen-bond donors (Lipinski definition) is 1. The summed E-state index contributed by atoms with van der Waals surface area (Å²) in [7, 11) is 0. The Balaban J connectivity index is 1.90. The molecule has 3 nitrogen and oxygen atoms in total. The van der Waals surface area contributed by atoms with Crippen molar-refractivity contribution < 1.29 is 4.74 Å². The van der Waals surface area contributed by atoms with Crippen LogP contribution in [0.1, 0.15) is 46.0 Å². The Morgan fingerprint density at radius 2 is 2.06 bits per heavy atom. The molecule has 2 aliphatic rings. The third-order valence-corrected chi connectivity index (χ3v) is 4.51. The Morgan fingerprint density at radius 3 is 2.78 bits per heavy atom. The molecule has 1 heterocycles. The van der Waals surface area contributed by atoms with E-state index in [0.29, 0.717) is 11.5 Å². The first-order valence-corrected chi connectivity index (χ1v) is 7.79. The summed E-state index contributed by atoms with van der Waals surface area (Å²) in [6, 6.07) is 0. The zero-order valence-electron chi connectivity index (χ0n) is 12.2. The number of nitrogens with zero attached hydrogens (tertiary/aromatic N) is 1. The van der Waals surface area contributed by atoms with Crippen molar-refractivity contribution in [3.05, 3.63) is 0 Å². The first-order chi connectivity index (χ1) is 8.74. The third kappa shape index (κ3) is 3.94. The molecule has 3 heteroatoms. The van der Waals surface area contributed by atoms with E-state index in [-0.39, 0.29) is 0 Å². The highest BCUT2D eigenvalue weighted by molar-refractivity contribution is 4.90. The van der Waals surface area contributed by atoms with Crippen LogP contribution < -0.4 is 5.32 Å². The minimum absolute atomic E-state index is 0.407. The molecule has 1 aliphatic heterocycles. The summed E-state index contributed by atoms with van der Waals surface area (Å²) in [5, 5.41) is 3.59. The van der Waals surface area contributed by atoms with Crippen LogP contribution in [0.3, 0.4) is 0 Å². The van der Waals surface area contributed by atoms with Gasteiger partial charge in [0, 0.05) is 32.8 Å². The van der Waals surface area contributed by atoms with Crippen LogP contribution in [0.15, 0.2) is 0 Å². The quantitative estimate of drug-likeness (QED) is 0.814. The molecule has 106 valence electrons. The standard InChI is InChI=1S/C15H30N2O/c1-3-16-12-15(7-4-5-8-15)13-17-9-6-10-18-14(2)11-17/h14,16H,3-13H2,1-2H3. The first kappa shape index (κ1) is 14.3. The molecule has 0 aromatic carbocycles. The minimum Gasteiger partial charge on any atom is -0.377 e. The number of hydrogen-bond acceptors (Lipinski definition) is 3. The zero-order chi connectivity index (χ0) is 12.8. The van der Waals surface area contributed by atoms with Gasteiger partial charge in [0.2, 0.25) is 0 Å². The Kier molecular flexibility index (Phi) is 5.46. The molecular formula is C15H30N2O. The van der Waals surface area contributed by atoms with Gasteiger partial charge in [0.05, 0.1) is 6.10 Å². The van der Waals surface area contributed by atoms with Crippen LogP contribution in [0.2, 0.25) is 0 Å². The van der Waals surface area contributed by atoms with Gasteiger partial charge in [0.25, 0.3) is 0 Å². The van der Waals surface area contributed by atoms with Crippen molar-refractivity contribution >= 4 is 0 Å². The molecule has 1 aliphatic carbocycles. The fourth-order valence-electron chi connectivity index (χ4n) is 3.60. The molecule has 1 saturated heterocycles. The average molecular weight is 254 g/mol. The maximum atomic E-state index is 5.75. The van der Waals surface area contributed by atoms with Crippen molar-refractivity contribution in [1.82, 2.24) is 10.2 Å². The van der Waals surface area contributed by atoms with Crippen LogP contribution >= 0.6 is 0 Å². The minimum atomic E-state index is 0.407. The lowest BCUT2D eigenvalue weighted by Gasteiger charge is -2.35. The van der Waals surface area contributed by atoms with E-state index < -0.39 is 0 Å². The zero-order valence-corrected chi connectivity index (χ0v) is 12.2. The van der Waals surface area contributed by atoms with Gasteiger partial charge in [-0.1, -0.05) is 19.8 Å². The Labute approximate surface area is 112 Å². The van der Waals surface area contributed by atoms with Gasteiger partial charge in [-0.15, -0.1) is 0 Å². The highest BCUT2D eigenvalue weighted by Crippen LogP contribution is 2.38. The number of rotatable bonds is 5. The second kappa shape index (κ2) is 6.88. The molecule has 1 saturated carbocycles. The van der Waals surface area contributed by atoms with E-state index in [1.165, 1.54) is 51.7 Å². The Hall–Kier alpha value is -0.120. The van der Waals surface area contributed by atoms with Crippen LogP contribution in [-0.2, 0) is 4.74 Å². The summed E-state index contributed by atoms with van der Waals surface area (Å²) in [6.45, 7) is 11.3. The molecule has 0 spiro atoms. The lowest BCUT2D eigenvalue weighted by molar-refractivity contribution is 0.0591. The van der Waals surface area contributed by atoms with Gasteiger partial charge >= 0.3 is 0 Å². The van der Waals surface area contributed by atoms with Gasteiger partial charge in [0.1, 0.15) is 0 Å². The molecule has 0 amide bonds. The Bertz CT molecular complexity index is 239. The maximum Gasteiger partial charge on any atom is 0.0673 e. The lowest BCUT2D eigenvalue weighted by atomic mass is 9.85. The molecule has 0 aromatic rings. The molecular weight excluding hydrogens is 224 g/mol. The van der Waals surface area contributed by atoms with E-state index in [4.69, 9.17) is 4.74 Å². The predicted octanol–water partition coefficient (Wildman–Crippen LogP) is 2.27. The van der Waals surface area contributed by atoms with Crippen molar-refractivity contribution in [2.75, 3.05) is 39.3 Å². The van der Waals surface area contributed by atoms with Gasteiger partial charge in [-0.25, -0.2) is 0 Å². The summed E-state index contributed by atoms with van der Waals surface area (Å²) in [5.74, 6) is 0. The average Bonchev–Trinajstić information content (AvgIpc) is 2.71. The van der Waals surface area contributed by atoms with Crippen LogP contribution in [0.4, 0.5) is 0 Å². The number of ether oxygens (including phenoxy) is 1. The second-order valence-electron chi connectivity index (χ2n) is 6.26. The monoisotopic (exact) mass is 254 g/mol. The summed E-state index contributed by atoms with van der Waals surface area (Å²) in [6.07, 6.45) is 7.26. The van der Waals surface area contributed by atoms with Crippen LogP contribution in [0.5, 0.6) is 0 Å². The number of nitrogens with one attached hydrogen (secondary N) is 1. The molecule has 0 aromatic heterocycles. The van der Waals surface area contributed by atoms with Crippen LogP contribution in [-0.4, -0.2) is 50.3 Å². The predicted molar refractivity (Wildman–Crippen MR) is 75.9 cm³/mol. The SMILES string of the molecule is CCNCC1(CN2CCCOC(C)C2)CCCC1. The normalized spacial score (nSPS) is 29.3. The van der Waals surface area contributed by atoms with Crippen molar-refractivity contribution in [1.29, 1.82) is 0 Å². The highest BCUT2D eigenvalue weighted by Gasteiger charge is 2.35. The summed E-state index contributed by atoms with van der Waals surface area (Å²) in [5.41, 5.74) is 0.542. The van der Waals surface area contributed by atoms with Crippen molar-refractivity contribution in [3.63, 3.8) is 0 Å². The summed E-state index contributed by atoms with van der Waals surface area (Å²) in [4.78, 5) is 2.65. The van der Waals surface area contributed by atoms with Gasteiger partial charge in [-0.05, 0) is 38.1 Å². The van der Waals surface area contributed by atoms with Gasteiger partial charge in [0.15, 0.2) is 0 Å². The van der Waals surface area contributed by atoms with E-state index in [9.17, 15) is 0 Å². The summed E-state index contributed by atoms with van der Waals surface area (Å²) < 4.78 is 5.75. The largest absolute Gasteiger partial charge is 0.377 e. The first-order valence-electron chi connectivity index (χ1n) is 7.79. The fraction of sp³-hybridized carbons (Fsp3) is 1.00. The van der Waals surface area contributed by atoms with E-state index in [0.717, 1.165) is 19.7 Å². The Morgan fingerprint density at radius 1 is 1.28 bits per heavy atom. The third-order valence-electron chi connectivity index (χ3n) is 4.51. The molecule has 0 radical (unpaired) electrons. The topological polar surface area (TPSA) is 24.5 Å². The van der Waals surface area contributed by atoms with E-state index in [2.05, 4.69) is 24.1 Å². The highest BCUT2D eigenvalue weighted by atomic mass is 16.5.